The van der Waals surface area contributed by atoms with Crippen LogP contribution in [0.5, 0.6) is 0 Å². The molecule has 2 aliphatic heterocycles. The average Bonchev–Trinajstić information content (AvgIpc) is 3.28. The Kier molecular flexibility index (Phi) is 6.21. The lowest BCUT2D eigenvalue weighted by molar-refractivity contribution is -0.264. The van der Waals surface area contributed by atoms with E-state index in [1.54, 1.807) is 6.08 Å². The number of hydrogen-bond acceptors (Lipinski definition) is 6. The van der Waals surface area contributed by atoms with E-state index >= 15 is 0 Å². The Labute approximate surface area is 189 Å². The van der Waals surface area contributed by atoms with Crippen molar-refractivity contribution < 1.29 is 28.9 Å². The Bertz CT molecular complexity index is 880. The van der Waals surface area contributed by atoms with Crippen LogP contribution in [0.25, 0.3) is 6.08 Å². The topological polar surface area (TPSA) is 82.1 Å². The quantitative estimate of drug-likeness (QED) is 0.534. The van der Waals surface area contributed by atoms with Crippen molar-refractivity contribution >= 4 is 18.0 Å². The fourth-order valence-corrected chi connectivity index (χ4v) is 6.33. The minimum absolute atomic E-state index is 0.0457. The number of carbonyl (C=O) groups excluding carboxylic acids is 2. The second-order valence-corrected chi connectivity index (χ2v) is 10.1. The summed E-state index contributed by atoms with van der Waals surface area (Å²) < 4.78 is 18.6. The van der Waals surface area contributed by atoms with Gasteiger partial charge in [0.2, 0.25) is 0 Å². The molecule has 3 aliphatic rings. The largest absolute Gasteiger partial charge is 0.457 e. The van der Waals surface area contributed by atoms with E-state index in [0.29, 0.717) is 12.3 Å². The van der Waals surface area contributed by atoms with E-state index in [2.05, 4.69) is 20.8 Å². The van der Waals surface area contributed by atoms with Crippen LogP contribution in [0.4, 0.5) is 0 Å². The fraction of sp³-hybridized carbons (Fsp3) is 0.615. The molecular weight excluding hydrogens is 408 g/mol. The van der Waals surface area contributed by atoms with Crippen molar-refractivity contribution in [2.24, 2.45) is 23.7 Å². The Morgan fingerprint density at radius 2 is 1.94 bits per heavy atom. The highest BCUT2D eigenvalue weighted by atomic mass is 16.6. The first-order chi connectivity index (χ1) is 15.2. The summed E-state index contributed by atoms with van der Waals surface area (Å²) >= 11 is 0. The van der Waals surface area contributed by atoms with Gasteiger partial charge in [0.15, 0.2) is 0 Å². The summed E-state index contributed by atoms with van der Waals surface area (Å²) in [4.78, 5) is 24.9. The molecule has 3 unspecified atom stereocenters. The summed E-state index contributed by atoms with van der Waals surface area (Å²) in [5, 5.41) is 9.25. The van der Waals surface area contributed by atoms with Gasteiger partial charge in [-0.2, -0.15) is 0 Å². The molecule has 3 fully saturated rings. The van der Waals surface area contributed by atoms with Crippen LogP contribution in [-0.2, 0) is 23.8 Å². The molecule has 6 heteroatoms. The maximum Gasteiger partial charge on any atom is 0.332 e. The third-order valence-corrected chi connectivity index (χ3v) is 8.01. The van der Waals surface area contributed by atoms with E-state index in [1.165, 1.54) is 6.08 Å². The zero-order chi connectivity index (χ0) is 23.1. The standard InChI is InChI=1S/C26H34O6/c1-16(2)26-14-20(30-22(29)15-27)25(4,32-26)19-12-10-17(3)23(19)24(26)31-21(28)13-11-18-8-6-5-7-9-18/h5-9,11,13,16-17,19-20,23-24,27H,10,12,14-15H2,1-4H3/b13-11+/t17-,19?,20?,23?,24+,25-,26+/m1/s1. The lowest BCUT2D eigenvalue weighted by Crippen LogP contribution is -2.62. The van der Waals surface area contributed by atoms with E-state index in [-0.39, 0.29) is 23.7 Å². The van der Waals surface area contributed by atoms with Crippen LogP contribution in [-0.4, -0.2) is 47.1 Å². The molecule has 6 nitrogen and oxygen atoms in total. The van der Waals surface area contributed by atoms with Crippen molar-refractivity contribution in [3.63, 3.8) is 0 Å². The molecule has 1 aliphatic carbocycles. The van der Waals surface area contributed by atoms with Gasteiger partial charge in [0.25, 0.3) is 0 Å². The van der Waals surface area contributed by atoms with Gasteiger partial charge in [-0.3, -0.25) is 0 Å². The Hall–Kier alpha value is -2.18. The van der Waals surface area contributed by atoms with Gasteiger partial charge < -0.3 is 19.3 Å². The molecule has 7 atom stereocenters. The first-order valence-electron chi connectivity index (χ1n) is 11.7. The molecule has 2 bridgehead atoms. The summed E-state index contributed by atoms with van der Waals surface area (Å²) in [6.07, 6.45) is 4.72. The fourth-order valence-electron chi connectivity index (χ4n) is 6.33. The lowest BCUT2D eigenvalue weighted by Gasteiger charge is -2.52. The smallest absolute Gasteiger partial charge is 0.332 e. The highest BCUT2D eigenvalue weighted by Crippen LogP contribution is 2.63. The molecular formula is C26H34O6. The van der Waals surface area contributed by atoms with Gasteiger partial charge in [0.05, 0.1) is 0 Å². The molecule has 1 aromatic rings. The van der Waals surface area contributed by atoms with Crippen molar-refractivity contribution in [3.8, 4) is 0 Å². The second kappa shape index (κ2) is 8.64. The van der Waals surface area contributed by atoms with Crippen LogP contribution in [0.1, 0.15) is 52.5 Å². The molecule has 0 amide bonds. The van der Waals surface area contributed by atoms with Crippen molar-refractivity contribution in [3.05, 3.63) is 42.0 Å². The van der Waals surface area contributed by atoms with E-state index in [9.17, 15) is 14.7 Å². The zero-order valence-corrected chi connectivity index (χ0v) is 19.3. The third-order valence-electron chi connectivity index (χ3n) is 8.01. The van der Waals surface area contributed by atoms with Crippen LogP contribution in [0, 0.1) is 23.7 Å². The SMILES string of the molecule is CC(C)[C@]12CC(OC(=O)CO)[C@](C)(O1)C1CC[C@@H](C)C1[C@@H]2OC(=O)/C=C/c1ccccc1. The minimum Gasteiger partial charge on any atom is -0.457 e. The number of carbonyl (C=O) groups is 2. The van der Waals surface area contributed by atoms with E-state index < -0.39 is 36.0 Å². The van der Waals surface area contributed by atoms with Gasteiger partial charge in [-0.05, 0) is 49.2 Å². The third kappa shape index (κ3) is 3.77. The molecule has 32 heavy (non-hydrogen) atoms. The average molecular weight is 443 g/mol. The molecule has 0 aromatic heterocycles. The monoisotopic (exact) mass is 442 g/mol. The minimum atomic E-state index is -0.745. The van der Waals surface area contributed by atoms with Gasteiger partial charge in [-0.15, -0.1) is 0 Å². The van der Waals surface area contributed by atoms with Crippen molar-refractivity contribution in [2.75, 3.05) is 6.61 Å². The Morgan fingerprint density at radius 3 is 2.59 bits per heavy atom. The Morgan fingerprint density at radius 1 is 1.22 bits per heavy atom. The normalized spacial score (nSPS) is 38.1. The molecule has 0 radical (unpaired) electrons. The van der Waals surface area contributed by atoms with Gasteiger partial charge >= 0.3 is 11.9 Å². The van der Waals surface area contributed by atoms with Crippen molar-refractivity contribution in [1.29, 1.82) is 0 Å². The van der Waals surface area contributed by atoms with Gasteiger partial charge in [-0.25, -0.2) is 9.59 Å². The molecule has 1 saturated carbocycles. The van der Waals surface area contributed by atoms with E-state index in [4.69, 9.17) is 14.2 Å². The van der Waals surface area contributed by atoms with Crippen molar-refractivity contribution in [2.45, 2.75) is 70.4 Å². The van der Waals surface area contributed by atoms with E-state index in [1.807, 2.05) is 37.3 Å². The van der Waals surface area contributed by atoms with Gasteiger partial charge in [0, 0.05) is 18.4 Å². The first kappa shape index (κ1) is 23.0. The maximum absolute atomic E-state index is 12.9. The molecule has 2 saturated heterocycles. The van der Waals surface area contributed by atoms with Crippen LogP contribution in [0.2, 0.25) is 0 Å². The number of hydrogen-bond donors (Lipinski definition) is 1. The van der Waals surface area contributed by atoms with Crippen LogP contribution in [0.15, 0.2) is 36.4 Å². The summed E-state index contributed by atoms with van der Waals surface area (Å²) in [6.45, 7) is 7.71. The molecule has 1 N–H and O–H groups in total. The van der Waals surface area contributed by atoms with Crippen LogP contribution in [0.3, 0.4) is 0 Å². The summed E-state index contributed by atoms with van der Waals surface area (Å²) in [5.74, 6) is -0.385. The molecule has 2 heterocycles. The predicted octanol–water partition coefficient (Wildman–Crippen LogP) is 3.77. The van der Waals surface area contributed by atoms with Crippen LogP contribution < -0.4 is 0 Å². The number of benzene rings is 1. The lowest BCUT2D eigenvalue weighted by atomic mass is 9.69. The number of fused-ring (bicyclic) bond motifs is 4. The first-order valence-corrected chi connectivity index (χ1v) is 11.7. The highest BCUT2D eigenvalue weighted by Gasteiger charge is 2.72. The second-order valence-electron chi connectivity index (χ2n) is 10.1. The number of esters is 2. The Balaban J connectivity index is 1.65. The van der Waals surface area contributed by atoms with Crippen molar-refractivity contribution in [1.82, 2.24) is 0 Å². The van der Waals surface area contributed by atoms with Gasteiger partial charge in [0.1, 0.15) is 30.0 Å². The maximum atomic E-state index is 12.9. The summed E-state index contributed by atoms with van der Waals surface area (Å²) in [7, 11) is 0. The number of ether oxygens (including phenoxy) is 3. The summed E-state index contributed by atoms with van der Waals surface area (Å²) in [5.41, 5.74) is -0.474. The predicted molar refractivity (Wildman–Crippen MR) is 119 cm³/mol. The number of aliphatic hydroxyl groups is 1. The molecule has 174 valence electrons. The highest BCUT2D eigenvalue weighted by molar-refractivity contribution is 5.87. The van der Waals surface area contributed by atoms with E-state index in [0.717, 1.165) is 18.4 Å². The molecule has 1 aromatic carbocycles. The molecule has 0 spiro atoms. The number of rotatable bonds is 6. The molecule has 4 rings (SSSR count). The van der Waals surface area contributed by atoms with Gasteiger partial charge in [-0.1, -0.05) is 51.1 Å². The number of aliphatic hydroxyl groups excluding tert-OH is 1. The van der Waals surface area contributed by atoms with Crippen LogP contribution >= 0.6 is 0 Å². The zero-order valence-electron chi connectivity index (χ0n) is 19.3. The summed E-state index contributed by atoms with van der Waals surface area (Å²) in [6, 6.07) is 9.64.